The summed E-state index contributed by atoms with van der Waals surface area (Å²) in [6.45, 7) is 0. The van der Waals surface area contributed by atoms with Crippen LogP contribution < -0.4 is 26.5 Å². The fraction of sp³-hybridized carbons (Fsp3) is 0.0400. The Morgan fingerprint density at radius 3 is 1.60 bits per heavy atom. The van der Waals surface area contributed by atoms with Crippen LogP contribution in [-0.2, 0) is 57.6 Å². The van der Waals surface area contributed by atoms with Crippen LogP contribution in [0.5, 0.6) is 0 Å². The second kappa shape index (κ2) is 16.1. The lowest BCUT2D eigenvalue weighted by molar-refractivity contribution is -0.109. The van der Waals surface area contributed by atoms with Crippen LogP contribution in [0.25, 0.3) is 54.9 Å². The second-order valence-corrected chi connectivity index (χ2v) is 20.7. The maximum absolute atomic E-state index is 15.0. The molecule has 72 heavy (non-hydrogen) atoms. The summed E-state index contributed by atoms with van der Waals surface area (Å²) in [4.78, 5) is 19.8. The molecule has 2 aliphatic heterocycles. The van der Waals surface area contributed by atoms with Gasteiger partial charge in [0.1, 0.15) is 5.76 Å². The van der Waals surface area contributed by atoms with Gasteiger partial charge in [0.25, 0.3) is 20.2 Å². The maximum Gasteiger partial charge on any atom is 0.425 e. The number of nitrogens with zero attached hydrogens (tertiary/aromatic N) is 1. The number of hydrogen-bond acceptors (Lipinski definition) is 16. The number of carbonyl (C=O) groups excluding carboxylic acids is 1. The molecule has 5 aliphatic rings. The van der Waals surface area contributed by atoms with E-state index >= 15 is 0 Å². The van der Waals surface area contributed by atoms with Crippen LogP contribution in [0, 0.1) is 0 Å². The summed E-state index contributed by atoms with van der Waals surface area (Å²) in [6, 6.07) is 42.9. The van der Waals surface area contributed by atoms with Crippen LogP contribution in [0.15, 0.2) is 166 Å². The Hall–Kier alpha value is -8.38. The first kappa shape index (κ1) is 46.0. The zero-order valence-corrected chi connectivity index (χ0v) is 39.5. The number of benzene rings is 8. The molecule has 2 unspecified atom stereocenters. The largest absolute Gasteiger partial charge is 0.506 e. The minimum absolute atomic E-state index is 0.0549. The number of hydrogen-bond donors (Lipinski definition) is 6. The predicted molar refractivity (Wildman–Crippen MR) is 262 cm³/mol. The highest BCUT2D eigenvalue weighted by molar-refractivity contribution is 7.86. The van der Waals surface area contributed by atoms with Gasteiger partial charge in [-0.3, -0.25) is 13.9 Å². The van der Waals surface area contributed by atoms with Crippen molar-refractivity contribution in [1.29, 1.82) is 0 Å². The summed E-state index contributed by atoms with van der Waals surface area (Å²) in [5, 5.41) is 27.2. The molecule has 0 bridgehead atoms. The molecule has 6 N–H and O–H groups in total. The SMILES string of the molecule is O=C1C(c2ccc3cccc4c3c2NC2(N4)c3ccccc3-c3ccc(S(=O)(=O)O)cc32)=C(O)C1=c1ccc2cccc3c2c1=NC1(N3)c2ccccc2-c2ccc(S(=O)(=O)O)cc21.O=S(=O)=O.O=S(=O)=O. The molecule has 2 spiro atoms. The number of nitrogens with one attached hydrogen (secondary N) is 3. The zero-order valence-electron chi connectivity index (χ0n) is 36.3. The Morgan fingerprint density at radius 2 is 0.986 bits per heavy atom. The van der Waals surface area contributed by atoms with Gasteiger partial charge >= 0.3 is 21.2 Å². The highest BCUT2D eigenvalue weighted by atomic mass is 32.2. The van der Waals surface area contributed by atoms with Crippen molar-refractivity contribution in [1.82, 2.24) is 0 Å². The molecule has 0 saturated carbocycles. The van der Waals surface area contributed by atoms with Gasteiger partial charge in [-0.1, -0.05) is 109 Å². The molecular weight excluding hydrogens is 1010 g/mol. The molecule has 0 amide bonds. The molecule has 0 fully saturated rings. The Bertz CT molecular complexity index is 4470. The quantitative estimate of drug-likeness (QED) is 0.114. The highest BCUT2D eigenvalue weighted by Gasteiger charge is 2.49. The minimum Gasteiger partial charge on any atom is -0.506 e. The average molecular weight is 1040 g/mol. The van der Waals surface area contributed by atoms with E-state index in [1.165, 1.54) is 24.3 Å². The lowest BCUT2D eigenvalue weighted by atomic mass is 9.79. The molecule has 358 valence electrons. The van der Waals surface area contributed by atoms with Crippen LogP contribution in [-0.4, -0.2) is 62.1 Å². The minimum atomic E-state index is -4.60. The van der Waals surface area contributed by atoms with Crippen molar-refractivity contribution in [3.05, 3.63) is 190 Å². The summed E-state index contributed by atoms with van der Waals surface area (Å²) < 4.78 is 121. The lowest BCUT2D eigenvalue weighted by Crippen LogP contribution is -2.45. The van der Waals surface area contributed by atoms with Gasteiger partial charge in [0, 0.05) is 55.2 Å². The predicted octanol–water partition coefficient (Wildman–Crippen LogP) is 5.83. The Balaban J connectivity index is 0.000000655. The molecule has 22 heteroatoms. The van der Waals surface area contributed by atoms with Crippen LogP contribution >= 0.6 is 0 Å². The van der Waals surface area contributed by atoms with E-state index in [2.05, 4.69) is 16.0 Å². The van der Waals surface area contributed by atoms with Crippen molar-refractivity contribution in [2.45, 2.75) is 21.1 Å². The summed E-state index contributed by atoms with van der Waals surface area (Å²) in [5.41, 5.74) is 5.47. The Morgan fingerprint density at radius 1 is 0.486 bits per heavy atom. The molecule has 13 rings (SSSR count). The van der Waals surface area contributed by atoms with Crippen LogP contribution in [0.2, 0.25) is 0 Å². The van der Waals surface area contributed by atoms with E-state index in [4.69, 9.17) is 30.2 Å². The number of ketones is 1. The fourth-order valence-electron chi connectivity index (χ4n) is 10.7. The molecule has 2 atom stereocenters. The third-order valence-electron chi connectivity index (χ3n) is 13.4. The van der Waals surface area contributed by atoms with E-state index in [9.17, 15) is 35.8 Å². The number of aliphatic hydroxyl groups excluding tert-OH is 1. The van der Waals surface area contributed by atoms with Gasteiger partial charge in [-0.2, -0.15) is 16.8 Å². The third-order valence-corrected chi connectivity index (χ3v) is 15.1. The lowest BCUT2D eigenvalue weighted by Gasteiger charge is -2.41. The fourth-order valence-corrected chi connectivity index (χ4v) is 11.7. The van der Waals surface area contributed by atoms with E-state index in [1.807, 2.05) is 97.1 Å². The van der Waals surface area contributed by atoms with Crippen molar-refractivity contribution >= 4 is 97.0 Å². The Kier molecular flexibility index (Phi) is 10.3. The summed E-state index contributed by atoms with van der Waals surface area (Å²) in [7, 11) is -15.4. The molecule has 3 aliphatic carbocycles. The van der Waals surface area contributed by atoms with E-state index in [0.29, 0.717) is 49.7 Å². The van der Waals surface area contributed by atoms with Gasteiger partial charge in [0.15, 0.2) is 11.3 Å². The van der Waals surface area contributed by atoms with E-state index < -0.39 is 58.6 Å². The van der Waals surface area contributed by atoms with Crippen molar-refractivity contribution in [3.8, 4) is 22.3 Å². The van der Waals surface area contributed by atoms with Gasteiger partial charge in [-0.25, -0.2) is 4.99 Å². The van der Waals surface area contributed by atoms with E-state index in [0.717, 1.165) is 49.5 Å². The standard InChI is InChI=1S/C50H30N4O8S2.2O3S/c55-47-43(33-19-15-25-7-5-13-39-41(25)45(33)53-49(51-39)35-11-3-1-9-29(35)31-21-17-27(23-37(31)49)63(57,58)59)48(56)44(47)34-20-16-26-8-6-14-40-42(26)46(34)54-50(52-40)36-12-4-2-10-30(36)32-22-18-28(24-38(32)50)64(60,61)62;2*1-4(2)3/h1-24,51-53,55H,(H,57,58,59)(H,60,61,62);;. The first-order valence-electron chi connectivity index (χ1n) is 21.3. The van der Waals surface area contributed by atoms with Gasteiger partial charge in [0.2, 0.25) is 5.78 Å². The zero-order chi connectivity index (χ0) is 50.8. The molecule has 18 nitrogen and oxygen atoms in total. The number of aliphatic hydroxyl groups is 1. The molecular formula is C50H30N4O14S4. The summed E-state index contributed by atoms with van der Waals surface area (Å²) in [6.07, 6.45) is 0. The van der Waals surface area contributed by atoms with Crippen molar-refractivity contribution < 1.29 is 61.1 Å². The van der Waals surface area contributed by atoms with Crippen molar-refractivity contribution in [2.24, 2.45) is 4.99 Å². The van der Waals surface area contributed by atoms with Gasteiger partial charge in [0.05, 0.1) is 32.0 Å². The van der Waals surface area contributed by atoms with E-state index in [1.54, 1.807) is 24.3 Å². The number of allylic oxidation sites excluding steroid dienone is 2. The number of Topliss-reactive ketones (excluding diaryl/α,β-unsaturated/α-hetero) is 1. The number of rotatable bonds is 3. The number of anilines is 3. The average Bonchev–Trinajstić information content (AvgIpc) is 3.74. The van der Waals surface area contributed by atoms with Gasteiger partial charge in [-0.15, -0.1) is 25.3 Å². The molecule has 0 radical (unpaired) electrons. The molecule has 0 saturated heterocycles. The van der Waals surface area contributed by atoms with E-state index in [-0.39, 0.29) is 26.7 Å². The Labute approximate surface area is 410 Å². The monoisotopic (exact) mass is 1040 g/mol. The third kappa shape index (κ3) is 6.86. The molecule has 8 aromatic carbocycles. The van der Waals surface area contributed by atoms with Crippen LogP contribution in [0.3, 0.4) is 0 Å². The first-order valence-corrected chi connectivity index (χ1v) is 26.1. The van der Waals surface area contributed by atoms with Crippen molar-refractivity contribution in [2.75, 3.05) is 16.0 Å². The molecule has 0 aromatic heterocycles. The maximum atomic E-state index is 15.0. The smallest absolute Gasteiger partial charge is 0.425 e. The molecule has 2 heterocycles. The highest BCUT2D eigenvalue weighted by Crippen LogP contribution is 2.56. The second-order valence-electron chi connectivity index (χ2n) is 17.0. The van der Waals surface area contributed by atoms with Gasteiger partial charge in [-0.05, 0) is 69.4 Å². The number of carbonyl (C=O) groups is 1. The van der Waals surface area contributed by atoms with Gasteiger partial charge < -0.3 is 21.1 Å². The normalized spacial score (nSPS) is 18.9. The van der Waals surface area contributed by atoms with Crippen molar-refractivity contribution in [3.63, 3.8) is 0 Å². The van der Waals surface area contributed by atoms with Crippen LogP contribution in [0.4, 0.5) is 17.1 Å². The van der Waals surface area contributed by atoms with Crippen LogP contribution in [0.1, 0.15) is 27.8 Å². The number of fused-ring (bicyclic) bond motifs is 10. The first-order chi connectivity index (χ1) is 34.2. The topological polar surface area (TPSA) is 297 Å². The summed E-state index contributed by atoms with van der Waals surface area (Å²) in [5.74, 6) is -0.678. The summed E-state index contributed by atoms with van der Waals surface area (Å²) >= 11 is 0. The molecule has 8 aromatic rings.